The Kier molecular flexibility index (Phi) is 16.1. The lowest BCUT2D eigenvalue weighted by molar-refractivity contribution is -0.138. The number of esters is 2. The van der Waals surface area contributed by atoms with E-state index >= 15 is 0 Å². The summed E-state index contributed by atoms with van der Waals surface area (Å²) in [6, 6.07) is 10.9. The Balaban J connectivity index is 1.62. The molecule has 2 aromatic carbocycles. The Morgan fingerprint density at radius 1 is 0.600 bits per heavy atom. The molecule has 2 aromatic rings. The third-order valence-corrected chi connectivity index (χ3v) is 7.03. The van der Waals surface area contributed by atoms with E-state index in [1.54, 1.807) is 12.1 Å². The molecule has 0 saturated heterocycles. The molecule has 0 saturated carbocycles. The third kappa shape index (κ3) is 13.0. The fourth-order valence-corrected chi connectivity index (χ4v) is 4.70. The molecular weight excluding hydrogens is 517 g/mol. The largest absolute Gasteiger partial charge is 0.462 e. The first-order valence-corrected chi connectivity index (χ1v) is 14.9. The maximum Gasteiger partial charge on any atom is 0.416 e. The molecule has 0 fully saturated rings. The normalized spacial score (nSPS) is 11.4. The van der Waals surface area contributed by atoms with Crippen LogP contribution in [0.4, 0.5) is 13.2 Å². The summed E-state index contributed by atoms with van der Waals surface area (Å²) in [4.78, 5) is 25.2. The first-order valence-electron chi connectivity index (χ1n) is 14.9. The van der Waals surface area contributed by atoms with Crippen LogP contribution in [0, 0.1) is 0 Å². The van der Waals surface area contributed by atoms with Gasteiger partial charge in [0.1, 0.15) is 6.61 Å². The van der Waals surface area contributed by atoms with Crippen LogP contribution in [0.3, 0.4) is 0 Å². The van der Waals surface area contributed by atoms with E-state index in [9.17, 15) is 22.8 Å². The molecule has 222 valence electrons. The zero-order chi connectivity index (χ0) is 29.1. The van der Waals surface area contributed by atoms with Gasteiger partial charge >= 0.3 is 18.1 Å². The SMILES string of the molecule is CCCCCCCCCCCCCCCCCOC(=O)c1ccccc1C(=O)OCc1ccccc1C(F)(F)F. The molecule has 0 unspecified atom stereocenters. The van der Waals surface area contributed by atoms with E-state index in [0.717, 1.165) is 25.3 Å². The number of unbranched alkanes of at least 4 members (excludes halogenated alkanes) is 14. The number of hydrogen-bond acceptors (Lipinski definition) is 4. The highest BCUT2D eigenvalue weighted by Crippen LogP contribution is 2.32. The van der Waals surface area contributed by atoms with Crippen LogP contribution in [0.15, 0.2) is 48.5 Å². The lowest BCUT2D eigenvalue weighted by Gasteiger charge is -2.13. The van der Waals surface area contributed by atoms with Gasteiger partial charge in [0.25, 0.3) is 0 Å². The molecule has 0 aromatic heterocycles. The van der Waals surface area contributed by atoms with Crippen LogP contribution in [-0.4, -0.2) is 18.5 Å². The molecule has 0 atom stereocenters. The fourth-order valence-electron chi connectivity index (χ4n) is 4.70. The zero-order valence-electron chi connectivity index (χ0n) is 23.9. The molecule has 0 aliphatic rings. The van der Waals surface area contributed by atoms with Gasteiger partial charge in [-0.1, -0.05) is 127 Å². The van der Waals surface area contributed by atoms with Crippen molar-refractivity contribution in [2.24, 2.45) is 0 Å². The van der Waals surface area contributed by atoms with Gasteiger partial charge in [-0.15, -0.1) is 0 Å². The van der Waals surface area contributed by atoms with Gasteiger partial charge in [-0.3, -0.25) is 0 Å². The average Bonchev–Trinajstić information content (AvgIpc) is 2.95. The van der Waals surface area contributed by atoms with Gasteiger partial charge < -0.3 is 9.47 Å². The van der Waals surface area contributed by atoms with Crippen molar-refractivity contribution in [3.05, 3.63) is 70.8 Å². The van der Waals surface area contributed by atoms with Gasteiger partial charge in [-0.2, -0.15) is 13.2 Å². The van der Waals surface area contributed by atoms with Crippen LogP contribution in [0.25, 0.3) is 0 Å². The second-order valence-corrected chi connectivity index (χ2v) is 10.4. The number of carbonyl (C=O) groups excluding carboxylic acids is 2. The molecule has 40 heavy (non-hydrogen) atoms. The number of hydrogen-bond donors (Lipinski definition) is 0. The van der Waals surface area contributed by atoms with E-state index < -0.39 is 30.3 Å². The molecule has 0 bridgehead atoms. The molecule has 0 heterocycles. The Bertz CT molecular complexity index is 1000. The molecule has 0 amide bonds. The minimum atomic E-state index is -4.56. The highest BCUT2D eigenvalue weighted by atomic mass is 19.4. The minimum absolute atomic E-state index is 0.0338. The fraction of sp³-hybridized carbons (Fsp3) is 0.576. The van der Waals surface area contributed by atoms with Crippen molar-refractivity contribution < 1.29 is 32.2 Å². The van der Waals surface area contributed by atoms with Gasteiger partial charge in [-0.05, 0) is 24.6 Å². The summed E-state index contributed by atoms with van der Waals surface area (Å²) in [6.45, 7) is 1.94. The van der Waals surface area contributed by atoms with Gasteiger partial charge in [0.15, 0.2) is 0 Å². The number of alkyl halides is 3. The second-order valence-electron chi connectivity index (χ2n) is 10.4. The first kappa shape index (κ1) is 33.4. The van der Waals surface area contributed by atoms with Crippen molar-refractivity contribution in [3.8, 4) is 0 Å². The lowest BCUT2D eigenvalue weighted by Crippen LogP contribution is -2.16. The molecule has 0 spiro atoms. The Morgan fingerprint density at radius 2 is 1.02 bits per heavy atom. The molecule has 7 heteroatoms. The molecule has 0 N–H and O–H groups in total. The Hall–Kier alpha value is -2.83. The zero-order valence-corrected chi connectivity index (χ0v) is 23.9. The van der Waals surface area contributed by atoms with Crippen molar-refractivity contribution in [1.82, 2.24) is 0 Å². The number of carbonyl (C=O) groups is 2. The van der Waals surface area contributed by atoms with Crippen LogP contribution in [-0.2, 0) is 22.3 Å². The second kappa shape index (κ2) is 19.3. The van der Waals surface area contributed by atoms with Gasteiger partial charge in [-0.25, -0.2) is 9.59 Å². The summed E-state index contributed by atoms with van der Waals surface area (Å²) in [6.07, 6.45) is 14.1. The van der Waals surface area contributed by atoms with Crippen LogP contribution < -0.4 is 0 Å². The van der Waals surface area contributed by atoms with Gasteiger partial charge in [0.2, 0.25) is 0 Å². The highest BCUT2D eigenvalue weighted by Gasteiger charge is 2.33. The molecule has 2 rings (SSSR count). The summed E-state index contributed by atoms with van der Waals surface area (Å²) in [5.41, 5.74) is -1.01. The van der Waals surface area contributed by atoms with E-state index in [1.807, 2.05) is 0 Å². The van der Waals surface area contributed by atoms with Crippen molar-refractivity contribution in [2.75, 3.05) is 6.61 Å². The molecule has 4 nitrogen and oxygen atoms in total. The topological polar surface area (TPSA) is 52.6 Å². The summed E-state index contributed by atoms with van der Waals surface area (Å²) in [7, 11) is 0. The lowest BCUT2D eigenvalue weighted by atomic mass is 10.0. The minimum Gasteiger partial charge on any atom is -0.462 e. The summed E-state index contributed by atoms with van der Waals surface area (Å²) >= 11 is 0. The summed E-state index contributed by atoms with van der Waals surface area (Å²) in [5.74, 6) is -1.52. The predicted octanol–water partition coefficient (Wildman–Crippen LogP) is 10.1. The molecule has 0 aliphatic heterocycles. The number of ether oxygens (including phenoxy) is 2. The number of benzene rings is 2. The van der Waals surface area contributed by atoms with E-state index in [2.05, 4.69) is 6.92 Å². The molecular formula is C33H45F3O4. The van der Waals surface area contributed by atoms with Crippen LogP contribution >= 0.6 is 0 Å². The van der Waals surface area contributed by atoms with Crippen molar-refractivity contribution in [1.29, 1.82) is 0 Å². The number of rotatable bonds is 20. The Morgan fingerprint density at radius 3 is 1.52 bits per heavy atom. The molecule has 0 radical (unpaired) electrons. The predicted molar refractivity (Wildman–Crippen MR) is 152 cm³/mol. The number of halogens is 3. The van der Waals surface area contributed by atoms with E-state index in [-0.39, 0.29) is 23.3 Å². The van der Waals surface area contributed by atoms with Crippen molar-refractivity contribution in [3.63, 3.8) is 0 Å². The molecule has 0 aliphatic carbocycles. The van der Waals surface area contributed by atoms with E-state index in [1.165, 1.54) is 107 Å². The maximum absolute atomic E-state index is 13.2. The monoisotopic (exact) mass is 562 g/mol. The Labute approximate surface area is 237 Å². The van der Waals surface area contributed by atoms with Crippen molar-refractivity contribution in [2.45, 2.75) is 116 Å². The average molecular weight is 563 g/mol. The maximum atomic E-state index is 13.2. The smallest absolute Gasteiger partial charge is 0.416 e. The van der Waals surface area contributed by atoms with Crippen LogP contribution in [0.5, 0.6) is 0 Å². The van der Waals surface area contributed by atoms with Crippen LogP contribution in [0.1, 0.15) is 135 Å². The quantitative estimate of drug-likeness (QED) is 0.119. The van der Waals surface area contributed by atoms with Crippen molar-refractivity contribution >= 4 is 11.9 Å². The standard InChI is InChI=1S/C33H45F3O4/c1-2-3-4-5-6-7-8-9-10-11-12-13-14-15-20-25-39-31(37)28-22-17-18-23-29(28)32(38)40-26-27-21-16-19-24-30(27)33(34,35)36/h16-19,21-24H,2-15,20,25-26H2,1H3. The van der Waals surface area contributed by atoms with E-state index in [4.69, 9.17) is 9.47 Å². The summed E-state index contributed by atoms with van der Waals surface area (Å²) < 4.78 is 50.1. The van der Waals surface area contributed by atoms with E-state index in [0.29, 0.717) is 0 Å². The first-order chi connectivity index (χ1) is 19.3. The highest BCUT2D eigenvalue weighted by molar-refractivity contribution is 6.03. The summed E-state index contributed by atoms with van der Waals surface area (Å²) in [5, 5.41) is 0. The van der Waals surface area contributed by atoms with Gasteiger partial charge in [0.05, 0.1) is 23.3 Å². The third-order valence-electron chi connectivity index (χ3n) is 7.03. The van der Waals surface area contributed by atoms with Gasteiger partial charge in [0, 0.05) is 5.56 Å². The van der Waals surface area contributed by atoms with Crippen LogP contribution in [0.2, 0.25) is 0 Å².